The van der Waals surface area contributed by atoms with Gasteiger partial charge in [-0.2, -0.15) is 5.26 Å². The molecule has 5 heteroatoms. The third kappa shape index (κ3) is 1.86. The highest BCUT2D eigenvalue weighted by Crippen LogP contribution is 2.33. The van der Waals surface area contributed by atoms with Crippen molar-refractivity contribution in [2.75, 3.05) is 18.0 Å². The largest absolute Gasteiger partial charge is 0.371 e. The fourth-order valence-electron chi connectivity index (χ4n) is 2.53. The Balaban J connectivity index is 1.92. The summed E-state index contributed by atoms with van der Waals surface area (Å²) in [7, 11) is 0. The van der Waals surface area contributed by atoms with Gasteiger partial charge in [0.25, 0.3) is 0 Å². The van der Waals surface area contributed by atoms with Crippen LogP contribution in [0.4, 0.5) is 5.82 Å². The zero-order valence-corrected chi connectivity index (χ0v) is 10.0. The Kier molecular flexibility index (Phi) is 2.65. The maximum Gasteiger partial charge on any atom is 0.148 e. The molecule has 2 unspecified atom stereocenters. The van der Waals surface area contributed by atoms with E-state index in [-0.39, 0.29) is 12.2 Å². The van der Waals surface area contributed by atoms with Crippen molar-refractivity contribution in [3.05, 3.63) is 22.8 Å². The predicted octanol–water partition coefficient (Wildman–Crippen LogP) is 1.97. The number of morpholine rings is 1. The molecule has 0 saturated carbocycles. The topological polar surface area (TPSA) is 49.2 Å². The highest BCUT2D eigenvalue weighted by molar-refractivity contribution is 6.34. The lowest BCUT2D eigenvalue weighted by atomic mass is 10.2. The number of halogens is 1. The molecule has 1 aromatic heterocycles. The summed E-state index contributed by atoms with van der Waals surface area (Å²) >= 11 is 6.19. The summed E-state index contributed by atoms with van der Waals surface area (Å²) in [5, 5.41) is 9.41. The molecule has 17 heavy (non-hydrogen) atoms. The average molecular weight is 250 g/mol. The number of nitrogens with zero attached hydrogens (tertiary/aromatic N) is 3. The lowest BCUT2D eigenvalue weighted by Gasteiger charge is -2.33. The van der Waals surface area contributed by atoms with Gasteiger partial charge in [-0.25, -0.2) is 4.98 Å². The van der Waals surface area contributed by atoms with Gasteiger partial charge < -0.3 is 9.64 Å². The molecule has 3 rings (SSSR count). The van der Waals surface area contributed by atoms with Crippen LogP contribution in [0.3, 0.4) is 0 Å². The summed E-state index contributed by atoms with van der Waals surface area (Å²) in [6, 6.07) is 3.72. The molecule has 0 radical (unpaired) electrons. The number of hydrogen-bond donors (Lipinski definition) is 0. The molecule has 2 fully saturated rings. The Labute approximate surface area is 105 Å². The lowest BCUT2D eigenvalue weighted by molar-refractivity contribution is 0.0302. The fourth-order valence-corrected chi connectivity index (χ4v) is 2.80. The molecule has 0 spiro atoms. The van der Waals surface area contributed by atoms with E-state index in [9.17, 15) is 0 Å². The van der Waals surface area contributed by atoms with E-state index >= 15 is 0 Å². The first kappa shape index (κ1) is 10.8. The first-order valence-corrected chi connectivity index (χ1v) is 6.10. The smallest absolute Gasteiger partial charge is 0.148 e. The minimum absolute atomic E-state index is 0.289. The molecule has 0 aromatic carbocycles. The van der Waals surface area contributed by atoms with E-state index in [1.807, 2.05) is 0 Å². The highest BCUT2D eigenvalue weighted by atomic mass is 35.5. The van der Waals surface area contributed by atoms with Gasteiger partial charge in [0, 0.05) is 19.3 Å². The summed E-state index contributed by atoms with van der Waals surface area (Å²) in [6.45, 7) is 1.64. The van der Waals surface area contributed by atoms with Crippen molar-refractivity contribution in [3.63, 3.8) is 0 Å². The molecule has 2 bridgehead atoms. The number of hydrogen-bond acceptors (Lipinski definition) is 4. The van der Waals surface area contributed by atoms with Crippen molar-refractivity contribution < 1.29 is 4.74 Å². The third-order valence-electron chi connectivity index (χ3n) is 3.33. The van der Waals surface area contributed by atoms with Crippen molar-refractivity contribution in [1.82, 2.24) is 4.98 Å². The zero-order valence-electron chi connectivity index (χ0n) is 9.27. The van der Waals surface area contributed by atoms with Gasteiger partial charge in [-0.3, -0.25) is 0 Å². The summed E-state index contributed by atoms with van der Waals surface area (Å²) in [6.07, 6.45) is 4.43. The average Bonchev–Trinajstić information content (AvgIpc) is 2.68. The molecule has 4 nitrogen and oxygen atoms in total. The van der Waals surface area contributed by atoms with Crippen LogP contribution < -0.4 is 4.90 Å². The van der Waals surface area contributed by atoms with Crippen molar-refractivity contribution in [1.29, 1.82) is 5.26 Å². The van der Waals surface area contributed by atoms with Crippen molar-refractivity contribution in [2.45, 2.75) is 25.0 Å². The Morgan fingerprint density at radius 1 is 1.41 bits per heavy atom. The van der Waals surface area contributed by atoms with Crippen molar-refractivity contribution in [3.8, 4) is 6.07 Å². The van der Waals surface area contributed by atoms with E-state index < -0.39 is 0 Å². The molecule has 1 aromatic rings. The molecule has 2 aliphatic heterocycles. The molecule has 0 aliphatic carbocycles. The molecule has 2 saturated heterocycles. The number of fused-ring (bicyclic) bond motifs is 2. The van der Waals surface area contributed by atoms with Gasteiger partial charge in [0.15, 0.2) is 0 Å². The number of anilines is 1. The monoisotopic (exact) mass is 249 g/mol. The van der Waals surface area contributed by atoms with Gasteiger partial charge in [-0.05, 0) is 18.9 Å². The molecule has 3 heterocycles. The van der Waals surface area contributed by atoms with Crippen LogP contribution in [-0.4, -0.2) is 30.3 Å². The minimum Gasteiger partial charge on any atom is -0.371 e. The van der Waals surface area contributed by atoms with E-state index in [2.05, 4.69) is 16.0 Å². The van der Waals surface area contributed by atoms with Gasteiger partial charge in [0.1, 0.15) is 16.9 Å². The SMILES string of the molecule is N#Cc1ccnc(N2CC3CCC(C2)O3)c1Cl. The van der Waals surface area contributed by atoms with Crippen LogP contribution in [0, 0.1) is 11.3 Å². The van der Waals surface area contributed by atoms with Gasteiger partial charge in [-0.15, -0.1) is 0 Å². The predicted molar refractivity (Wildman–Crippen MR) is 64.1 cm³/mol. The standard InChI is InChI=1S/C12H12ClN3O/c13-11-8(5-14)3-4-15-12(11)16-6-9-1-2-10(7-16)17-9/h3-4,9-10H,1-2,6-7H2. The Bertz CT molecular complexity index is 473. The Morgan fingerprint density at radius 2 is 2.12 bits per heavy atom. The number of rotatable bonds is 1. The van der Waals surface area contributed by atoms with Crippen LogP contribution in [0.5, 0.6) is 0 Å². The summed E-state index contributed by atoms with van der Waals surface area (Å²) in [5.74, 6) is 0.714. The number of ether oxygens (including phenoxy) is 1. The summed E-state index contributed by atoms with van der Waals surface area (Å²) in [5.41, 5.74) is 0.482. The number of nitriles is 1. The van der Waals surface area contributed by atoms with Gasteiger partial charge in [-0.1, -0.05) is 11.6 Å². The van der Waals surface area contributed by atoms with Crippen molar-refractivity contribution in [2.24, 2.45) is 0 Å². The van der Waals surface area contributed by atoms with Gasteiger partial charge in [0.05, 0.1) is 17.8 Å². The number of pyridine rings is 1. The first-order valence-electron chi connectivity index (χ1n) is 5.73. The molecular weight excluding hydrogens is 238 g/mol. The normalized spacial score (nSPS) is 26.9. The maximum atomic E-state index is 8.95. The van der Waals surface area contributed by atoms with Crippen LogP contribution in [0.15, 0.2) is 12.3 Å². The molecule has 2 atom stereocenters. The summed E-state index contributed by atoms with van der Waals surface area (Å²) in [4.78, 5) is 6.43. The van der Waals surface area contributed by atoms with Crippen LogP contribution in [0.1, 0.15) is 18.4 Å². The van der Waals surface area contributed by atoms with E-state index in [4.69, 9.17) is 21.6 Å². The molecule has 0 N–H and O–H groups in total. The lowest BCUT2D eigenvalue weighted by Crippen LogP contribution is -2.43. The Morgan fingerprint density at radius 3 is 2.76 bits per heavy atom. The maximum absolute atomic E-state index is 8.95. The Hall–Kier alpha value is -1.31. The second kappa shape index (κ2) is 4.17. The minimum atomic E-state index is 0.289. The van der Waals surface area contributed by atoms with Gasteiger partial charge in [0.2, 0.25) is 0 Å². The second-order valence-electron chi connectivity index (χ2n) is 4.47. The second-order valence-corrected chi connectivity index (χ2v) is 4.85. The van der Waals surface area contributed by atoms with Crippen LogP contribution in [0.2, 0.25) is 5.02 Å². The molecular formula is C12H12ClN3O. The van der Waals surface area contributed by atoms with Crippen LogP contribution in [-0.2, 0) is 4.74 Å². The van der Waals surface area contributed by atoms with E-state index in [1.54, 1.807) is 12.3 Å². The van der Waals surface area contributed by atoms with E-state index in [1.165, 1.54) is 0 Å². The quantitative estimate of drug-likeness (QED) is 0.764. The van der Waals surface area contributed by atoms with Crippen molar-refractivity contribution >= 4 is 17.4 Å². The van der Waals surface area contributed by atoms with Gasteiger partial charge >= 0.3 is 0 Å². The van der Waals surface area contributed by atoms with E-state index in [0.717, 1.165) is 25.9 Å². The summed E-state index contributed by atoms with van der Waals surface area (Å²) < 4.78 is 5.77. The zero-order chi connectivity index (χ0) is 11.8. The fraction of sp³-hybridized carbons (Fsp3) is 0.500. The third-order valence-corrected chi connectivity index (χ3v) is 3.71. The molecule has 88 valence electrons. The molecule has 2 aliphatic rings. The van der Waals surface area contributed by atoms with Crippen LogP contribution in [0.25, 0.3) is 0 Å². The molecule has 0 amide bonds. The number of aromatic nitrogens is 1. The van der Waals surface area contributed by atoms with E-state index in [0.29, 0.717) is 16.4 Å². The van der Waals surface area contributed by atoms with Crippen LogP contribution >= 0.6 is 11.6 Å². The highest BCUT2D eigenvalue weighted by Gasteiger charge is 2.35. The first-order chi connectivity index (χ1) is 8.28.